The standard InChI is InChI=1S/C16H32N2O/c1-5-17-8-10-18(11-9-17)15-12-13(19)6-7-14(15)16(2,3)4/h13-15,19H,5-12H2,1-4H3. The van der Waals surface area contributed by atoms with Crippen molar-refractivity contribution in [2.24, 2.45) is 11.3 Å². The average Bonchev–Trinajstić information content (AvgIpc) is 2.37. The predicted octanol–water partition coefficient (Wildman–Crippen LogP) is 2.20. The van der Waals surface area contributed by atoms with Crippen LogP contribution < -0.4 is 0 Å². The first-order valence-electron chi connectivity index (χ1n) is 8.06. The van der Waals surface area contributed by atoms with Gasteiger partial charge in [0.25, 0.3) is 0 Å². The van der Waals surface area contributed by atoms with Crippen LogP contribution in [0.1, 0.15) is 47.0 Å². The molecule has 3 heteroatoms. The van der Waals surface area contributed by atoms with Gasteiger partial charge in [-0.2, -0.15) is 0 Å². The first kappa shape index (κ1) is 15.3. The molecule has 0 aromatic carbocycles. The van der Waals surface area contributed by atoms with Crippen molar-refractivity contribution in [2.75, 3.05) is 32.7 Å². The minimum atomic E-state index is -0.0761. The van der Waals surface area contributed by atoms with Gasteiger partial charge in [0.05, 0.1) is 6.10 Å². The van der Waals surface area contributed by atoms with Crippen LogP contribution in [0.15, 0.2) is 0 Å². The SMILES string of the molecule is CCN1CCN(C2CC(O)CCC2C(C)(C)C)CC1. The molecule has 2 aliphatic rings. The summed E-state index contributed by atoms with van der Waals surface area (Å²) < 4.78 is 0. The van der Waals surface area contributed by atoms with Gasteiger partial charge in [0, 0.05) is 32.2 Å². The summed E-state index contributed by atoms with van der Waals surface area (Å²) in [6, 6.07) is 0.586. The summed E-state index contributed by atoms with van der Waals surface area (Å²) in [6.45, 7) is 15.3. The lowest BCUT2D eigenvalue weighted by atomic mass is 9.68. The molecule has 1 heterocycles. The summed E-state index contributed by atoms with van der Waals surface area (Å²) >= 11 is 0. The van der Waals surface area contributed by atoms with Crippen LogP contribution in [-0.2, 0) is 0 Å². The van der Waals surface area contributed by atoms with Crippen molar-refractivity contribution < 1.29 is 5.11 Å². The maximum atomic E-state index is 10.1. The zero-order valence-electron chi connectivity index (χ0n) is 13.2. The number of piperazine rings is 1. The number of rotatable bonds is 2. The molecular weight excluding hydrogens is 236 g/mol. The van der Waals surface area contributed by atoms with Crippen LogP contribution in [-0.4, -0.2) is 59.8 Å². The van der Waals surface area contributed by atoms with E-state index in [1.807, 2.05) is 0 Å². The Labute approximate surface area is 119 Å². The summed E-state index contributed by atoms with van der Waals surface area (Å²) in [5.41, 5.74) is 0.354. The van der Waals surface area contributed by atoms with Gasteiger partial charge in [-0.3, -0.25) is 4.90 Å². The molecule has 0 radical (unpaired) electrons. The molecular formula is C16H32N2O. The number of aliphatic hydroxyl groups excluding tert-OH is 1. The van der Waals surface area contributed by atoms with E-state index in [9.17, 15) is 5.11 Å². The molecule has 112 valence electrons. The van der Waals surface area contributed by atoms with Gasteiger partial charge in [-0.05, 0) is 37.1 Å². The van der Waals surface area contributed by atoms with Gasteiger partial charge in [-0.15, -0.1) is 0 Å². The van der Waals surface area contributed by atoms with E-state index in [4.69, 9.17) is 0 Å². The molecule has 1 saturated carbocycles. The van der Waals surface area contributed by atoms with Crippen LogP contribution in [0.4, 0.5) is 0 Å². The fourth-order valence-electron chi connectivity index (χ4n) is 3.95. The maximum absolute atomic E-state index is 10.1. The molecule has 1 N–H and O–H groups in total. The zero-order valence-corrected chi connectivity index (χ0v) is 13.2. The first-order valence-corrected chi connectivity index (χ1v) is 8.06. The maximum Gasteiger partial charge on any atom is 0.0555 e. The molecule has 1 aliphatic heterocycles. The Balaban J connectivity index is 2.02. The van der Waals surface area contributed by atoms with Crippen LogP contribution in [0.25, 0.3) is 0 Å². The van der Waals surface area contributed by atoms with Crippen LogP contribution in [0, 0.1) is 11.3 Å². The highest BCUT2D eigenvalue weighted by atomic mass is 16.3. The third-order valence-electron chi connectivity index (χ3n) is 5.22. The van der Waals surface area contributed by atoms with Crippen LogP contribution in [0.2, 0.25) is 0 Å². The number of nitrogens with zero attached hydrogens (tertiary/aromatic N) is 2. The topological polar surface area (TPSA) is 26.7 Å². The summed E-state index contributed by atoms with van der Waals surface area (Å²) in [7, 11) is 0. The van der Waals surface area contributed by atoms with Crippen molar-refractivity contribution in [1.29, 1.82) is 0 Å². The molecule has 3 unspecified atom stereocenters. The van der Waals surface area contributed by atoms with Crippen molar-refractivity contribution in [3.63, 3.8) is 0 Å². The minimum absolute atomic E-state index is 0.0761. The normalized spacial score (nSPS) is 35.5. The molecule has 2 rings (SSSR count). The van der Waals surface area contributed by atoms with Crippen molar-refractivity contribution in [1.82, 2.24) is 9.80 Å². The second-order valence-electron chi connectivity index (χ2n) is 7.48. The van der Waals surface area contributed by atoms with E-state index >= 15 is 0 Å². The van der Waals surface area contributed by atoms with Crippen molar-refractivity contribution in [3.05, 3.63) is 0 Å². The summed E-state index contributed by atoms with van der Waals surface area (Å²) in [4.78, 5) is 5.19. The molecule has 1 aliphatic carbocycles. The van der Waals surface area contributed by atoms with Crippen LogP contribution in [0.3, 0.4) is 0 Å². The fourth-order valence-corrected chi connectivity index (χ4v) is 3.95. The van der Waals surface area contributed by atoms with Crippen LogP contribution in [0.5, 0.6) is 0 Å². The van der Waals surface area contributed by atoms with Gasteiger partial charge < -0.3 is 10.0 Å². The second-order valence-corrected chi connectivity index (χ2v) is 7.48. The highest BCUT2D eigenvalue weighted by Gasteiger charge is 2.40. The van der Waals surface area contributed by atoms with E-state index in [0.717, 1.165) is 18.8 Å². The van der Waals surface area contributed by atoms with Gasteiger partial charge in [0.15, 0.2) is 0 Å². The minimum Gasteiger partial charge on any atom is -0.393 e. The molecule has 0 spiro atoms. The highest BCUT2D eigenvalue weighted by molar-refractivity contribution is 4.93. The molecule has 19 heavy (non-hydrogen) atoms. The predicted molar refractivity (Wildman–Crippen MR) is 80.3 cm³/mol. The average molecular weight is 268 g/mol. The van der Waals surface area contributed by atoms with E-state index in [1.54, 1.807) is 0 Å². The lowest BCUT2D eigenvalue weighted by Gasteiger charge is -2.49. The monoisotopic (exact) mass is 268 g/mol. The molecule has 0 aromatic rings. The number of hydrogen-bond donors (Lipinski definition) is 1. The summed E-state index contributed by atoms with van der Waals surface area (Å²) in [5, 5.41) is 10.1. The van der Waals surface area contributed by atoms with Crippen molar-refractivity contribution in [2.45, 2.75) is 59.1 Å². The third kappa shape index (κ3) is 3.71. The lowest BCUT2D eigenvalue weighted by molar-refractivity contribution is -0.0276. The van der Waals surface area contributed by atoms with Crippen molar-refractivity contribution >= 4 is 0 Å². The molecule has 0 amide bonds. The van der Waals surface area contributed by atoms with Crippen LogP contribution >= 0.6 is 0 Å². The Morgan fingerprint density at radius 1 is 1.05 bits per heavy atom. The molecule has 0 bridgehead atoms. The molecule has 2 fully saturated rings. The molecule has 3 atom stereocenters. The van der Waals surface area contributed by atoms with E-state index in [0.29, 0.717) is 11.5 Å². The second kappa shape index (κ2) is 6.11. The Kier molecular flexibility index (Phi) is 4.91. The first-order chi connectivity index (χ1) is 8.91. The van der Waals surface area contributed by atoms with Gasteiger partial charge in [0.1, 0.15) is 0 Å². The van der Waals surface area contributed by atoms with E-state index in [-0.39, 0.29) is 6.10 Å². The van der Waals surface area contributed by atoms with Gasteiger partial charge >= 0.3 is 0 Å². The Bertz CT molecular complexity index is 279. The van der Waals surface area contributed by atoms with E-state index < -0.39 is 0 Å². The number of likely N-dealkylation sites (N-methyl/N-ethyl adjacent to an activating group) is 1. The Morgan fingerprint density at radius 2 is 1.68 bits per heavy atom. The van der Waals surface area contributed by atoms with Gasteiger partial charge in [-0.1, -0.05) is 27.7 Å². The number of hydrogen-bond acceptors (Lipinski definition) is 3. The van der Waals surface area contributed by atoms with E-state index in [2.05, 4.69) is 37.5 Å². The Morgan fingerprint density at radius 3 is 2.21 bits per heavy atom. The molecule has 0 aromatic heterocycles. The summed E-state index contributed by atoms with van der Waals surface area (Å²) in [5.74, 6) is 0.726. The smallest absolute Gasteiger partial charge is 0.0555 e. The molecule has 3 nitrogen and oxygen atoms in total. The zero-order chi connectivity index (χ0) is 14.0. The van der Waals surface area contributed by atoms with Gasteiger partial charge in [0.2, 0.25) is 0 Å². The number of aliphatic hydroxyl groups is 1. The fraction of sp³-hybridized carbons (Fsp3) is 1.00. The Hall–Kier alpha value is -0.120. The quantitative estimate of drug-likeness (QED) is 0.832. The van der Waals surface area contributed by atoms with E-state index in [1.165, 1.54) is 39.1 Å². The lowest BCUT2D eigenvalue weighted by Crippen LogP contribution is -2.56. The highest BCUT2D eigenvalue weighted by Crippen LogP contribution is 2.40. The molecule has 1 saturated heterocycles. The van der Waals surface area contributed by atoms with Crippen molar-refractivity contribution in [3.8, 4) is 0 Å². The largest absolute Gasteiger partial charge is 0.393 e. The third-order valence-corrected chi connectivity index (χ3v) is 5.22. The summed E-state index contributed by atoms with van der Waals surface area (Å²) in [6.07, 6.45) is 3.08. The van der Waals surface area contributed by atoms with Gasteiger partial charge in [-0.25, -0.2) is 0 Å².